The summed E-state index contributed by atoms with van der Waals surface area (Å²) >= 11 is 0. The minimum absolute atomic E-state index is 0.0242. The summed E-state index contributed by atoms with van der Waals surface area (Å²) in [6.45, 7) is 8.69. The molecule has 0 amide bonds. The molecule has 2 atom stereocenters. The van der Waals surface area contributed by atoms with Crippen molar-refractivity contribution in [1.29, 1.82) is 0 Å². The lowest BCUT2D eigenvalue weighted by atomic mass is 9.82. The van der Waals surface area contributed by atoms with E-state index in [0.29, 0.717) is 0 Å². The average Bonchev–Trinajstić information content (AvgIpc) is 2.26. The van der Waals surface area contributed by atoms with Gasteiger partial charge in [-0.15, -0.1) is 6.58 Å². The lowest BCUT2D eigenvalue weighted by Gasteiger charge is -2.40. The van der Waals surface area contributed by atoms with Crippen molar-refractivity contribution in [2.45, 2.75) is 38.7 Å². The first-order valence-electron chi connectivity index (χ1n) is 6.22. The van der Waals surface area contributed by atoms with Crippen molar-refractivity contribution in [2.75, 3.05) is 26.2 Å². The van der Waals surface area contributed by atoms with Gasteiger partial charge in [0, 0.05) is 25.1 Å². The predicted molar refractivity (Wildman–Crippen MR) is 66.3 cm³/mol. The van der Waals surface area contributed by atoms with Gasteiger partial charge in [-0.2, -0.15) is 0 Å². The summed E-state index contributed by atoms with van der Waals surface area (Å²) in [6, 6.07) is 0. The van der Waals surface area contributed by atoms with Crippen LogP contribution in [-0.4, -0.2) is 47.5 Å². The van der Waals surface area contributed by atoms with Crippen LogP contribution in [0.1, 0.15) is 32.6 Å². The fraction of sp³-hybridized carbons (Fsp3) is 0.846. The van der Waals surface area contributed by atoms with E-state index < -0.39 is 0 Å². The van der Waals surface area contributed by atoms with Gasteiger partial charge >= 0.3 is 0 Å². The molecule has 94 valence electrons. The van der Waals surface area contributed by atoms with Gasteiger partial charge in [-0.1, -0.05) is 13.0 Å². The normalized spacial score (nSPS) is 28.9. The number of β-amino-alcohol motifs (C(OH)–C–C–N with tert-alkyl or cyclic N) is 1. The molecule has 0 spiro atoms. The summed E-state index contributed by atoms with van der Waals surface area (Å²) in [5, 5.41) is 19.2. The van der Waals surface area contributed by atoms with Crippen LogP contribution in [-0.2, 0) is 0 Å². The molecule has 0 aromatic rings. The molecule has 2 N–H and O–H groups in total. The molecule has 16 heavy (non-hydrogen) atoms. The van der Waals surface area contributed by atoms with Crippen molar-refractivity contribution in [3.8, 4) is 0 Å². The maximum absolute atomic E-state index is 9.82. The molecule has 1 fully saturated rings. The van der Waals surface area contributed by atoms with Crippen molar-refractivity contribution in [1.82, 2.24) is 4.90 Å². The van der Waals surface area contributed by atoms with Gasteiger partial charge in [-0.25, -0.2) is 0 Å². The molecular weight excluding hydrogens is 202 g/mol. The number of rotatable bonds is 6. The number of piperidine rings is 1. The molecule has 1 rings (SSSR count). The summed E-state index contributed by atoms with van der Waals surface area (Å²) in [5.74, 6) is 0. The van der Waals surface area contributed by atoms with Gasteiger partial charge in [0.1, 0.15) is 0 Å². The maximum Gasteiger partial charge on any atom is 0.0670 e. The van der Waals surface area contributed by atoms with E-state index in [1.54, 1.807) is 0 Å². The third-order valence-electron chi connectivity index (χ3n) is 3.41. The molecule has 3 nitrogen and oxygen atoms in total. The monoisotopic (exact) mass is 227 g/mol. The van der Waals surface area contributed by atoms with Crippen LogP contribution in [0.25, 0.3) is 0 Å². The van der Waals surface area contributed by atoms with Crippen LogP contribution in [0, 0.1) is 5.41 Å². The molecule has 0 aromatic carbocycles. The molecule has 2 unspecified atom stereocenters. The van der Waals surface area contributed by atoms with E-state index in [4.69, 9.17) is 0 Å². The number of aliphatic hydroxyl groups excluding tert-OH is 2. The second kappa shape index (κ2) is 6.38. The van der Waals surface area contributed by atoms with Crippen molar-refractivity contribution < 1.29 is 10.2 Å². The second-order valence-electron chi connectivity index (χ2n) is 5.33. The summed E-state index contributed by atoms with van der Waals surface area (Å²) in [4.78, 5) is 2.27. The first-order valence-corrected chi connectivity index (χ1v) is 6.22. The Morgan fingerprint density at radius 2 is 2.31 bits per heavy atom. The molecule has 0 saturated carbocycles. The van der Waals surface area contributed by atoms with Gasteiger partial charge in [0.05, 0.1) is 6.10 Å². The molecule has 1 saturated heterocycles. The van der Waals surface area contributed by atoms with Gasteiger partial charge in [-0.05, 0) is 32.2 Å². The first-order chi connectivity index (χ1) is 7.59. The van der Waals surface area contributed by atoms with E-state index in [0.717, 1.165) is 45.3 Å². The molecule has 0 aromatic heterocycles. The quantitative estimate of drug-likeness (QED) is 0.674. The SMILES string of the molecule is C=CCCC(O)CN1CCCC(C)(CO)C1. The molecule has 0 radical (unpaired) electrons. The number of hydrogen-bond donors (Lipinski definition) is 2. The van der Waals surface area contributed by atoms with E-state index >= 15 is 0 Å². The van der Waals surface area contributed by atoms with Gasteiger partial charge in [0.25, 0.3) is 0 Å². The van der Waals surface area contributed by atoms with Gasteiger partial charge in [0.2, 0.25) is 0 Å². The Balaban J connectivity index is 2.33. The van der Waals surface area contributed by atoms with Crippen LogP contribution in [0.5, 0.6) is 0 Å². The molecular formula is C13H25NO2. The van der Waals surface area contributed by atoms with E-state index in [1.807, 2.05) is 6.08 Å². The number of allylic oxidation sites excluding steroid dienone is 1. The standard InChI is InChI=1S/C13H25NO2/c1-3-4-6-12(16)9-14-8-5-7-13(2,10-14)11-15/h3,12,15-16H,1,4-11H2,2H3. The molecule has 1 heterocycles. The van der Waals surface area contributed by atoms with E-state index in [-0.39, 0.29) is 18.1 Å². The van der Waals surface area contributed by atoms with Crippen molar-refractivity contribution in [2.24, 2.45) is 5.41 Å². The van der Waals surface area contributed by atoms with Crippen molar-refractivity contribution in [3.05, 3.63) is 12.7 Å². The summed E-state index contributed by atoms with van der Waals surface area (Å²) in [5.41, 5.74) is 0.0242. The maximum atomic E-state index is 9.82. The molecule has 0 aliphatic carbocycles. The zero-order valence-corrected chi connectivity index (χ0v) is 10.4. The van der Waals surface area contributed by atoms with E-state index in [2.05, 4.69) is 18.4 Å². The van der Waals surface area contributed by atoms with E-state index in [9.17, 15) is 10.2 Å². The number of nitrogens with zero attached hydrogens (tertiary/aromatic N) is 1. The van der Waals surface area contributed by atoms with Crippen LogP contribution >= 0.6 is 0 Å². The molecule has 0 bridgehead atoms. The van der Waals surface area contributed by atoms with Crippen LogP contribution in [0.2, 0.25) is 0 Å². The number of aliphatic hydroxyl groups is 2. The average molecular weight is 227 g/mol. The smallest absolute Gasteiger partial charge is 0.0670 e. The van der Waals surface area contributed by atoms with E-state index in [1.165, 1.54) is 0 Å². The molecule has 1 aliphatic rings. The van der Waals surface area contributed by atoms with Crippen LogP contribution in [0.4, 0.5) is 0 Å². The number of hydrogen-bond acceptors (Lipinski definition) is 3. The van der Waals surface area contributed by atoms with Gasteiger partial charge in [0.15, 0.2) is 0 Å². The Kier molecular flexibility index (Phi) is 5.46. The molecule has 3 heteroatoms. The van der Waals surface area contributed by atoms with Crippen molar-refractivity contribution >= 4 is 0 Å². The predicted octanol–water partition coefficient (Wildman–Crippen LogP) is 1.41. The van der Waals surface area contributed by atoms with Gasteiger partial charge < -0.3 is 15.1 Å². The molecule has 1 aliphatic heterocycles. The van der Waals surface area contributed by atoms with Gasteiger partial charge in [-0.3, -0.25) is 0 Å². The van der Waals surface area contributed by atoms with Crippen molar-refractivity contribution in [3.63, 3.8) is 0 Å². The summed E-state index contributed by atoms with van der Waals surface area (Å²) in [7, 11) is 0. The van der Waals surface area contributed by atoms with Crippen LogP contribution in [0.3, 0.4) is 0 Å². The largest absolute Gasteiger partial charge is 0.396 e. The third kappa shape index (κ3) is 4.24. The Labute approximate surface area is 98.8 Å². The third-order valence-corrected chi connectivity index (χ3v) is 3.41. The summed E-state index contributed by atoms with van der Waals surface area (Å²) < 4.78 is 0. The highest BCUT2D eigenvalue weighted by atomic mass is 16.3. The van der Waals surface area contributed by atoms with Crippen LogP contribution < -0.4 is 0 Å². The Bertz CT molecular complexity index is 220. The zero-order valence-electron chi connectivity index (χ0n) is 10.4. The number of likely N-dealkylation sites (tertiary alicyclic amines) is 1. The fourth-order valence-electron chi connectivity index (χ4n) is 2.41. The minimum Gasteiger partial charge on any atom is -0.396 e. The Morgan fingerprint density at radius 1 is 1.56 bits per heavy atom. The zero-order chi connectivity index (χ0) is 12.0. The highest BCUT2D eigenvalue weighted by Gasteiger charge is 2.30. The highest BCUT2D eigenvalue weighted by molar-refractivity contribution is 4.84. The topological polar surface area (TPSA) is 43.7 Å². The van der Waals surface area contributed by atoms with Crippen LogP contribution in [0.15, 0.2) is 12.7 Å². The minimum atomic E-state index is -0.265. The summed E-state index contributed by atoms with van der Waals surface area (Å²) in [6.07, 6.45) is 5.44. The lowest BCUT2D eigenvalue weighted by Crippen LogP contribution is -2.46. The highest BCUT2D eigenvalue weighted by Crippen LogP contribution is 2.28. The first kappa shape index (κ1) is 13.7. The fourth-order valence-corrected chi connectivity index (χ4v) is 2.41. The Hall–Kier alpha value is -0.380. The Morgan fingerprint density at radius 3 is 2.94 bits per heavy atom. The second-order valence-corrected chi connectivity index (χ2v) is 5.33. The lowest BCUT2D eigenvalue weighted by molar-refractivity contribution is 0.0200.